The molecule has 0 spiro atoms. The van der Waals surface area contributed by atoms with Crippen molar-refractivity contribution >= 4 is 35.7 Å². The number of aromatic amines is 1. The molecule has 0 fully saturated rings. The number of alkyl halides is 2. The topological polar surface area (TPSA) is 108 Å². The molecular weight excluding hydrogens is 456 g/mol. The van der Waals surface area contributed by atoms with Gasteiger partial charge in [0.25, 0.3) is 12.1 Å². The standard InChI is InChI=1S/C18H14ClF2N5O4S/c1-29-14-4-2-10(8-22-25-17(16(20)21)23-24-18(25)31)6-11(14)9-30-15-5-3-12(26(27)28)7-13(15)19/h2-8,16H,9H2,1H3,(H,24,31)/b22-8-. The number of nitrogens with zero attached hydrogens (tertiary/aromatic N) is 4. The Balaban J connectivity index is 1.82. The normalized spacial score (nSPS) is 11.3. The van der Waals surface area contributed by atoms with E-state index in [1.54, 1.807) is 18.2 Å². The SMILES string of the molecule is COc1ccc(/C=N\n2c(C(F)F)n[nH]c2=S)cc1COc1ccc([N+](=O)[O-])cc1Cl. The largest absolute Gasteiger partial charge is 0.496 e. The van der Waals surface area contributed by atoms with Crippen LogP contribution in [0.25, 0.3) is 0 Å². The zero-order chi connectivity index (χ0) is 22.5. The van der Waals surface area contributed by atoms with Gasteiger partial charge in [-0.25, -0.2) is 13.9 Å². The van der Waals surface area contributed by atoms with Crippen molar-refractivity contribution in [3.8, 4) is 11.5 Å². The third kappa shape index (κ3) is 5.22. The minimum absolute atomic E-state index is 0.0236. The van der Waals surface area contributed by atoms with E-state index in [1.807, 2.05) is 0 Å². The number of hydrogen-bond acceptors (Lipinski definition) is 7. The molecule has 1 N–H and O–H groups in total. The van der Waals surface area contributed by atoms with Crippen molar-refractivity contribution in [1.82, 2.24) is 14.9 Å². The first-order chi connectivity index (χ1) is 14.8. The Labute approximate surface area is 184 Å². The van der Waals surface area contributed by atoms with E-state index in [-0.39, 0.29) is 27.8 Å². The van der Waals surface area contributed by atoms with Crippen LogP contribution in [0.5, 0.6) is 11.5 Å². The van der Waals surface area contributed by atoms with Crippen molar-refractivity contribution in [2.45, 2.75) is 13.0 Å². The Hall–Kier alpha value is -3.38. The summed E-state index contributed by atoms with van der Waals surface area (Å²) in [6, 6.07) is 8.84. The van der Waals surface area contributed by atoms with Crippen LogP contribution in [0.2, 0.25) is 5.02 Å². The number of nitro benzene ring substituents is 1. The lowest BCUT2D eigenvalue weighted by Gasteiger charge is -2.12. The summed E-state index contributed by atoms with van der Waals surface area (Å²) in [5.74, 6) is 0.147. The van der Waals surface area contributed by atoms with Gasteiger partial charge in [0.05, 0.1) is 23.3 Å². The average Bonchev–Trinajstić information content (AvgIpc) is 3.11. The van der Waals surface area contributed by atoms with Crippen molar-refractivity contribution in [3.05, 3.63) is 73.3 Å². The van der Waals surface area contributed by atoms with Crippen LogP contribution in [0.4, 0.5) is 14.5 Å². The van der Waals surface area contributed by atoms with Gasteiger partial charge < -0.3 is 9.47 Å². The molecule has 0 aliphatic heterocycles. The van der Waals surface area contributed by atoms with Gasteiger partial charge in [-0.15, -0.1) is 0 Å². The summed E-state index contributed by atoms with van der Waals surface area (Å²) in [6.45, 7) is 0.0236. The van der Waals surface area contributed by atoms with Gasteiger partial charge in [0, 0.05) is 17.7 Å². The lowest BCUT2D eigenvalue weighted by atomic mass is 10.1. The molecule has 0 amide bonds. The predicted octanol–water partition coefficient (Wildman–Crippen LogP) is 4.91. The van der Waals surface area contributed by atoms with E-state index >= 15 is 0 Å². The summed E-state index contributed by atoms with van der Waals surface area (Å²) in [6.07, 6.45) is -1.52. The van der Waals surface area contributed by atoms with Gasteiger partial charge in [0.15, 0.2) is 0 Å². The number of nitro groups is 1. The summed E-state index contributed by atoms with van der Waals surface area (Å²) >= 11 is 11.0. The third-order valence-corrected chi connectivity index (χ3v) is 4.57. The quantitative estimate of drug-likeness (QED) is 0.217. The molecule has 9 nitrogen and oxygen atoms in total. The molecule has 31 heavy (non-hydrogen) atoms. The molecule has 13 heteroatoms. The van der Waals surface area contributed by atoms with Crippen molar-refractivity contribution < 1.29 is 23.2 Å². The molecule has 0 aliphatic carbocycles. The maximum Gasteiger partial charge on any atom is 0.299 e. The van der Waals surface area contributed by atoms with Gasteiger partial charge in [-0.3, -0.25) is 10.1 Å². The molecule has 0 radical (unpaired) electrons. The van der Waals surface area contributed by atoms with Crippen LogP contribution in [0.1, 0.15) is 23.4 Å². The fraction of sp³-hybridized carbons (Fsp3) is 0.167. The highest BCUT2D eigenvalue weighted by molar-refractivity contribution is 7.71. The third-order valence-electron chi connectivity index (χ3n) is 4.01. The average molecular weight is 470 g/mol. The number of hydrogen-bond donors (Lipinski definition) is 1. The highest BCUT2D eigenvalue weighted by atomic mass is 35.5. The Morgan fingerprint density at radius 2 is 2.10 bits per heavy atom. The van der Waals surface area contributed by atoms with E-state index in [0.717, 1.165) is 4.68 Å². The number of methoxy groups -OCH3 is 1. The number of aromatic nitrogens is 3. The summed E-state index contributed by atoms with van der Waals surface area (Å²) in [5, 5.41) is 20.6. The lowest BCUT2D eigenvalue weighted by Crippen LogP contribution is -2.02. The number of H-pyrrole nitrogens is 1. The zero-order valence-corrected chi connectivity index (χ0v) is 17.4. The van der Waals surface area contributed by atoms with Crippen LogP contribution in [-0.2, 0) is 6.61 Å². The van der Waals surface area contributed by atoms with Crippen molar-refractivity contribution in [3.63, 3.8) is 0 Å². The number of rotatable bonds is 8. The molecule has 0 saturated carbocycles. The van der Waals surface area contributed by atoms with Crippen LogP contribution in [0.15, 0.2) is 41.5 Å². The maximum atomic E-state index is 13.0. The second-order valence-electron chi connectivity index (χ2n) is 5.98. The number of halogens is 3. The molecule has 3 aromatic rings. The first-order valence-corrected chi connectivity index (χ1v) is 9.32. The van der Waals surface area contributed by atoms with E-state index in [4.69, 9.17) is 33.3 Å². The number of benzene rings is 2. The second kappa shape index (κ2) is 9.62. The highest BCUT2D eigenvalue weighted by Gasteiger charge is 2.16. The number of ether oxygens (including phenoxy) is 2. The molecule has 0 unspecified atom stereocenters. The second-order valence-corrected chi connectivity index (χ2v) is 6.77. The van der Waals surface area contributed by atoms with Crippen LogP contribution in [0.3, 0.4) is 0 Å². The summed E-state index contributed by atoms with van der Waals surface area (Å²) in [4.78, 5) is 10.3. The Morgan fingerprint density at radius 3 is 2.74 bits per heavy atom. The van der Waals surface area contributed by atoms with Gasteiger partial charge in [-0.2, -0.15) is 14.9 Å². The molecule has 0 bridgehead atoms. The highest BCUT2D eigenvalue weighted by Crippen LogP contribution is 2.30. The lowest BCUT2D eigenvalue weighted by molar-refractivity contribution is -0.384. The molecule has 3 rings (SSSR count). The van der Waals surface area contributed by atoms with Gasteiger partial charge >= 0.3 is 0 Å². The predicted molar refractivity (Wildman–Crippen MR) is 111 cm³/mol. The molecule has 162 valence electrons. The zero-order valence-electron chi connectivity index (χ0n) is 15.8. The monoisotopic (exact) mass is 469 g/mol. The van der Waals surface area contributed by atoms with E-state index in [0.29, 0.717) is 16.9 Å². The molecule has 0 aliphatic rings. The van der Waals surface area contributed by atoms with Gasteiger partial charge in [-0.1, -0.05) is 11.6 Å². The van der Waals surface area contributed by atoms with Crippen LogP contribution in [-0.4, -0.2) is 33.1 Å². The molecule has 0 saturated heterocycles. The van der Waals surface area contributed by atoms with E-state index in [1.165, 1.54) is 31.5 Å². The first-order valence-electron chi connectivity index (χ1n) is 8.53. The number of nitrogens with one attached hydrogen (secondary N) is 1. The van der Waals surface area contributed by atoms with Crippen molar-refractivity contribution in [2.24, 2.45) is 5.10 Å². The summed E-state index contributed by atoms with van der Waals surface area (Å²) in [7, 11) is 1.48. The van der Waals surface area contributed by atoms with Crippen molar-refractivity contribution in [2.75, 3.05) is 7.11 Å². The van der Waals surface area contributed by atoms with Crippen LogP contribution < -0.4 is 9.47 Å². The minimum atomic E-state index is -2.85. The Morgan fingerprint density at radius 1 is 1.35 bits per heavy atom. The first kappa shape index (κ1) is 22.3. The smallest absolute Gasteiger partial charge is 0.299 e. The molecule has 2 aromatic carbocycles. The fourth-order valence-electron chi connectivity index (χ4n) is 2.55. The fourth-order valence-corrected chi connectivity index (χ4v) is 2.96. The van der Waals surface area contributed by atoms with Crippen molar-refractivity contribution in [1.29, 1.82) is 0 Å². The summed E-state index contributed by atoms with van der Waals surface area (Å²) < 4.78 is 37.7. The van der Waals surface area contributed by atoms with Gasteiger partial charge in [0.1, 0.15) is 18.1 Å². The molecule has 1 aromatic heterocycles. The van der Waals surface area contributed by atoms with Gasteiger partial charge in [-0.05, 0) is 42.0 Å². The van der Waals surface area contributed by atoms with E-state index in [9.17, 15) is 18.9 Å². The summed E-state index contributed by atoms with van der Waals surface area (Å²) in [5.41, 5.74) is 0.998. The van der Waals surface area contributed by atoms with Crippen LogP contribution >= 0.6 is 23.8 Å². The van der Waals surface area contributed by atoms with Crippen LogP contribution in [0, 0.1) is 14.9 Å². The minimum Gasteiger partial charge on any atom is -0.496 e. The van der Waals surface area contributed by atoms with E-state index in [2.05, 4.69) is 15.3 Å². The maximum absolute atomic E-state index is 13.0. The van der Waals surface area contributed by atoms with Gasteiger partial charge in [0.2, 0.25) is 10.6 Å². The number of non-ortho nitro benzene ring substituents is 1. The van der Waals surface area contributed by atoms with E-state index < -0.39 is 17.2 Å². The molecule has 1 heterocycles. The molecular formula is C18H14ClF2N5O4S. The molecule has 0 atom stereocenters. The Bertz CT molecular complexity index is 1200. The Kier molecular flexibility index (Phi) is 6.92.